The predicted molar refractivity (Wildman–Crippen MR) is 122 cm³/mol. The molecule has 30 heavy (non-hydrogen) atoms. The molecule has 0 aromatic heterocycles. The first-order valence-corrected chi connectivity index (χ1v) is 12.4. The number of hydrogen-bond donors (Lipinski definition) is 0. The van der Waals surface area contributed by atoms with Crippen LogP contribution in [0.25, 0.3) is 0 Å². The summed E-state index contributed by atoms with van der Waals surface area (Å²) in [6, 6.07) is 15.3. The minimum absolute atomic E-state index is 0.127. The van der Waals surface area contributed by atoms with E-state index in [4.69, 9.17) is 0 Å². The number of likely N-dealkylation sites (tertiary alicyclic amines) is 1. The van der Waals surface area contributed by atoms with Crippen molar-refractivity contribution in [3.63, 3.8) is 0 Å². The Morgan fingerprint density at radius 1 is 1.07 bits per heavy atom. The van der Waals surface area contributed by atoms with Crippen LogP contribution >= 0.6 is 0 Å². The monoisotopic (exact) mass is 428 g/mol. The molecule has 1 aliphatic heterocycles. The Hall–Kier alpha value is -2.34. The van der Waals surface area contributed by atoms with E-state index in [-0.39, 0.29) is 5.91 Å². The van der Waals surface area contributed by atoms with Crippen LogP contribution in [-0.4, -0.2) is 44.6 Å². The summed E-state index contributed by atoms with van der Waals surface area (Å²) in [5, 5.41) is 0. The van der Waals surface area contributed by atoms with Crippen LogP contribution in [0.15, 0.2) is 48.5 Å². The molecule has 1 amide bonds. The first kappa shape index (κ1) is 22.3. The van der Waals surface area contributed by atoms with Crippen LogP contribution in [0.1, 0.15) is 36.5 Å². The minimum Gasteiger partial charge on any atom is -0.341 e. The largest absolute Gasteiger partial charge is 0.341 e. The molecule has 1 heterocycles. The first-order valence-electron chi connectivity index (χ1n) is 10.6. The van der Waals surface area contributed by atoms with Crippen LogP contribution in [0.4, 0.5) is 5.69 Å². The van der Waals surface area contributed by atoms with Gasteiger partial charge in [-0.3, -0.25) is 9.10 Å². The van der Waals surface area contributed by atoms with Crippen LogP contribution in [0, 0.1) is 19.8 Å². The summed E-state index contributed by atoms with van der Waals surface area (Å²) >= 11 is 0. The van der Waals surface area contributed by atoms with Gasteiger partial charge in [-0.05, 0) is 74.8 Å². The van der Waals surface area contributed by atoms with E-state index in [1.54, 1.807) is 6.92 Å². The van der Waals surface area contributed by atoms with Gasteiger partial charge in [0.2, 0.25) is 15.9 Å². The highest BCUT2D eigenvalue weighted by Gasteiger charge is 2.33. The van der Waals surface area contributed by atoms with E-state index >= 15 is 0 Å². The van der Waals surface area contributed by atoms with Gasteiger partial charge in [0.25, 0.3) is 0 Å². The van der Waals surface area contributed by atoms with Gasteiger partial charge >= 0.3 is 0 Å². The van der Waals surface area contributed by atoms with Gasteiger partial charge in [-0.15, -0.1) is 0 Å². The molecule has 1 fully saturated rings. The molecule has 3 rings (SSSR count). The molecule has 1 atom stereocenters. The van der Waals surface area contributed by atoms with E-state index in [0.29, 0.717) is 24.7 Å². The zero-order valence-corrected chi connectivity index (χ0v) is 19.2. The highest BCUT2D eigenvalue weighted by atomic mass is 32.2. The summed E-state index contributed by atoms with van der Waals surface area (Å²) in [6.07, 6.45) is 4.07. The van der Waals surface area contributed by atoms with Crippen molar-refractivity contribution in [2.75, 3.05) is 23.7 Å². The molecular formula is C24H32N2O3S. The number of carbonyl (C=O) groups is 1. The van der Waals surface area contributed by atoms with Crippen molar-refractivity contribution in [2.45, 2.75) is 46.1 Å². The third kappa shape index (κ3) is 5.42. The number of benzene rings is 2. The average molecular weight is 429 g/mol. The highest BCUT2D eigenvalue weighted by molar-refractivity contribution is 7.92. The van der Waals surface area contributed by atoms with Gasteiger partial charge in [-0.2, -0.15) is 0 Å². The Balaban J connectivity index is 1.70. The van der Waals surface area contributed by atoms with Gasteiger partial charge in [-0.25, -0.2) is 8.42 Å². The first-order chi connectivity index (χ1) is 14.1. The zero-order valence-electron chi connectivity index (χ0n) is 18.3. The molecule has 162 valence electrons. The number of rotatable bonds is 6. The SMILES string of the molecule is Cc1cc(C)cc(N(C(C)C(=O)N2CCC(Cc3ccccc3)CC2)S(C)(=O)=O)c1. The smallest absolute Gasteiger partial charge is 0.246 e. The van der Waals surface area contributed by atoms with Gasteiger partial charge in [0.15, 0.2) is 0 Å². The van der Waals surface area contributed by atoms with E-state index in [1.807, 2.05) is 43.0 Å². The zero-order chi connectivity index (χ0) is 21.9. The minimum atomic E-state index is -3.60. The number of anilines is 1. The van der Waals surface area contributed by atoms with E-state index in [0.717, 1.165) is 30.4 Å². The van der Waals surface area contributed by atoms with E-state index in [9.17, 15) is 13.2 Å². The van der Waals surface area contributed by atoms with Gasteiger partial charge in [-0.1, -0.05) is 36.4 Å². The lowest BCUT2D eigenvalue weighted by atomic mass is 9.90. The molecule has 0 radical (unpaired) electrons. The number of nitrogens with zero attached hydrogens (tertiary/aromatic N) is 2. The standard InChI is InChI=1S/C24H32N2O3S/c1-18-14-19(2)16-23(15-18)26(30(4,28)29)20(3)24(27)25-12-10-22(11-13-25)17-21-8-6-5-7-9-21/h5-9,14-16,20,22H,10-13,17H2,1-4H3. The molecule has 5 nitrogen and oxygen atoms in total. The number of sulfonamides is 1. The fourth-order valence-corrected chi connectivity index (χ4v) is 5.60. The second-order valence-electron chi connectivity index (χ2n) is 8.54. The van der Waals surface area contributed by atoms with Crippen LogP contribution in [0.3, 0.4) is 0 Å². The maximum Gasteiger partial charge on any atom is 0.246 e. The van der Waals surface area contributed by atoms with Crippen molar-refractivity contribution in [2.24, 2.45) is 5.92 Å². The molecule has 6 heteroatoms. The number of carbonyl (C=O) groups excluding carboxylic acids is 1. The van der Waals surface area contributed by atoms with Gasteiger partial charge in [0, 0.05) is 13.1 Å². The second kappa shape index (κ2) is 9.21. The molecule has 1 saturated heterocycles. The van der Waals surface area contributed by atoms with E-state index in [1.165, 1.54) is 16.1 Å². The van der Waals surface area contributed by atoms with Crippen molar-refractivity contribution >= 4 is 21.6 Å². The highest BCUT2D eigenvalue weighted by Crippen LogP contribution is 2.27. The lowest BCUT2D eigenvalue weighted by Gasteiger charge is -2.36. The predicted octanol–water partition coefficient (Wildman–Crippen LogP) is 3.94. The summed E-state index contributed by atoms with van der Waals surface area (Å²) < 4.78 is 26.5. The molecule has 0 bridgehead atoms. The number of aryl methyl sites for hydroxylation is 2. The maximum atomic E-state index is 13.2. The van der Waals surface area contributed by atoms with Crippen molar-refractivity contribution in [3.05, 3.63) is 65.2 Å². The Labute approximate surface area is 180 Å². The van der Waals surface area contributed by atoms with Gasteiger partial charge in [0.05, 0.1) is 11.9 Å². The normalized spacial score (nSPS) is 16.3. The van der Waals surface area contributed by atoms with Crippen LogP contribution in [-0.2, 0) is 21.2 Å². The fraction of sp³-hybridized carbons (Fsp3) is 0.458. The van der Waals surface area contributed by atoms with Crippen LogP contribution < -0.4 is 4.31 Å². The molecular weight excluding hydrogens is 396 g/mol. The third-order valence-corrected chi connectivity index (χ3v) is 7.06. The summed E-state index contributed by atoms with van der Waals surface area (Å²) in [5.41, 5.74) is 3.82. The number of piperidine rings is 1. The summed E-state index contributed by atoms with van der Waals surface area (Å²) in [4.78, 5) is 15.0. The lowest BCUT2D eigenvalue weighted by Crippen LogP contribution is -2.51. The van der Waals surface area contributed by atoms with E-state index < -0.39 is 16.1 Å². The molecule has 0 saturated carbocycles. The Bertz CT molecular complexity index is 961. The van der Waals surface area contributed by atoms with Crippen molar-refractivity contribution in [1.29, 1.82) is 0 Å². The number of hydrogen-bond acceptors (Lipinski definition) is 3. The lowest BCUT2D eigenvalue weighted by molar-refractivity contribution is -0.133. The van der Waals surface area contributed by atoms with Crippen molar-refractivity contribution in [3.8, 4) is 0 Å². The molecule has 2 aromatic rings. The Kier molecular flexibility index (Phi) is 6.86. The third-order valence-electron chi connectivity index (χ3n) is 5.82. The molecule has 2 aromatic carbocycles. The molecule has 0 spiro atoms. The fourth-order valence-electron chi connectivity index (χ4n) is 4.45. The molecule has 0 N–H and O–H groups in total. The summed E-state index contributed by atoms with van der Waals surface area (Å²) in [7, 11) is -3.60. The summed E-state index contributed by atoms with van der Waals surface area (Å²) in [6.45, 7) is 6.90. The average Bonchev–Trinajstić information content (AvgIpc) is 2.67. The summed E-state index contributed by atoms with van der Waals surface area (Å²) in [5.74, 6) is 0.426. The Morgan fingerprint density at radius 2 is 1.63 bits per heavy atom. The van der Waals surface area contributed by atoms with E-state index in [2.05, 4.69) is 24.3 Å². The van der Waals surface area contributed by atoms with Crippen molar-refractivity contribution in [1.82, 2.24) is 4.90 Å². The van der Waals surface area contributed by atoms with Gasteiger partial charge in [0.1, 0.15) is 6.04 Å². The Morgan fingerprint density at radius 3 is 2.17 bits per heavy atom. The molecule has 1 aliphatic rings. The molecule has 1 unspecified atom stereocenters. The second-order valence-corrected chi connectivity index (χ2v) is 10.4. The number of amides is 1. The topological polar surface area (TPSA) is 57.7 Å². The van der Waals surface area contributed by atoms with Crippen LogP contribution in [0.5, 0.6) is 0 Å². The maximum absolute atomic E-state index is 13.2. The molecule has 0 aliphatic carbocycles. The van der Waals surface area contributed by atoms with Gasteiger partial charge < -0.3 is 4.90 Å². The quantitative estimate of drug-likeness (QED) is 0.700. The van der Waals surface area contributed by atoms with Crippen molar-refractivity contribution < 1.29 is 13.2 Å². The van der Waals surface area contributed by atoms with Crippen LogP contribution in [0.2, 0.25) is 0 Å².